The lowest BCUT2D eigenvalue weighted by molar-refractivity contribution is -0.133. The summed E-state index contributed by atoms with van der Waals surface area (Å²) in [6.07, 6.45) is 3.77. The molecule has 3 aromatic heterocycles. The molecule has 34 heavy (non-hydrogen) atoms. The first-order valence-electron chi connectivity index (χ1n) is 10.7. The molecule has 0 bridgehead atoms. The van der Waals surface area contributed by atoms with Crippen LogP contribution in [0, 0.1) is 18.8 Å². The predicted molar refractivity (Wildman–Crippen MR) is 127 cm³/mol. The Hall–Kier alpha value is -3.08. The zero-order chi connectivity index (χ0) is 24.0. The van der Waals surface area contributed by atoms with Crippen LogP contribution in [-0.4, -0.2) is 50.5 Å². The molecular formula is C23H22ClN5O4S. The number of fused-ring (bicyclic) bond motifs is 1. The molecule has 0 radical (unpaired) electrons. The van der Waals surface area contributed by atoms with Crippen molar-refractivity contribution < 1.29 is 19.4 Å². The Morgan fingerprint density at radius 1 is 1.26 bits per heavy atom. The van der Waals surface area contributed by atoms with E-state index in [1.165, 1.54) is 30.8 Å². The summed E-state index contributed by atoms with van der Waals surface area (Å²) in [5.74, 6) is 0.197. The average molecular weight is 500 g/mol. The van der Waals surface area contributed by atoms with E-state index in [-0.39, 0.29) is 35.4 Å². The van der Waals surface area contributed by atoms with Crippen molar-refractivity contribution in [2.45, 2.75) is 26.4 Å². The Morgan fingerprint density at radius 2 is 2.09 bits per heavy atom. The fourth-order valence-electron chi connectivity index (χ4n) is 4.15. The summed E-state index contributed by atoms with van der Waals surface area (Å²) in [6, 6.07) is 3.45. The molecule has 0 aromatic carbocycles. The maximum absolute atomic E-state index is 13.2. The van der Waals surface area contributed by atoms with Gasteiger partial charge in [-0.05, 0) is 31.4 Å². The zero-order valence-electron chi connectivity index (χ0n) is 18.5. The molecule has 2 N–H and O–H groups in total. The smallest absolute Gasteiger partial charge is 0.259 e. The van der Waals surface area contributed by atoms with Gasteiger partial charge in [0.2, 0.25) is 5.91 Å². The van der Waals surface area contributed by atoms with Crippen LogP contribution in [0.15, 0.2) is 24.5 Å². The molecule has 5 rings (SSSR count). The van der Waals surface area contributed by atoms with Gasteiger partial charge in [0, 0.05) is 35.5 Å². The number of aliphatic hydroxyl groups is 1. The predicted octanol–water partition coefficient (Wildman–Crippen LogP) is 3.29. The van der Waals surface area contributed by atoms with Crippen LogP contribution < -0.4 is 10.1 Å². The monoisotopic (exact) mass is 499 g/mol. The van der Waals surface area contributed by atoms with Crippen molar-refractivity contribution in [3.05, 3.63) is 51.5 Å². The van der Waals surface area contributed by atoms with Gasteiger partial charge in [0.25, 0.3) is 5.91 Å². The number of ether oxygens (including phenoxy) is 1. The number of hydrogen-bond acceptors (Lipinski definition) is 8. The van der Waals surface area contributed by atoms with Crippen LogP contribution in [0.2, 0.25) is 5.15 Å². The van der Waals surface area contributed by atoms with Crippen LogP contribution in [0.3, 0.4) is 0 Å². The summed E-state index contributed by atoms with van der Waals surface area (Å²) >= 11 is 7.47. The van der Waals surface area contributed by atoms with Gasteiger partial charge in [-0.1, -0.05) is 22.9 Å². The summed E-state index contributed by atoms with van der Waals surface area (Å²) in [4.78, 5) is 41.4. The largest absolute Gasteiger partial charge is 0.494 e. The second-order valence-corrected chi connectivity index (χ2v) is 9.87. The number of carbonyl (C=O) groups excluding carboxylic acids is 2. The molecule has 0 saturated heterocycles. The highest BCUT2D eigenvalue weighted by molar-refractivity contribution is 7.16. The van der Waals surface area contributed by atoms with E-state index in [0.717, 1.165) is 22.7 Å². The van der Waals surface area contributed by atoms with Crippen LogP contribution >= 0.6 is 22.9 Å². The van der Waals surface area contributed by atoms with Gasteiger partial charge in [-0.25, -0.2) is 9.97 Å². The highest BCUT2D eigenvalue weighted by atomic mass is 35.5. The summed E-state index contributed by atoms with van der Waals surface area (Å²) in [5, 5.41) is 12.8. The standard InChI is InChI=1S/C23H22ClN5O4S/c1-11-3-14(15-5-20(24)26-7-18(15)33-2)16(6-25-11)21(31)28-23-27-17-8-29(9-19(17)34-23)22(32)13-4-12(13)10-30/h3,5-7,12-13,30H,4,8-10H2,1-2H3,(H,27,28,31)/t12-,13-/m1/s1. The Labute approximate surface area is 204 Å². The fraction of sp³-hybridized carbons (Fsp3) is 0.348. The molecule has 1 saturated carbocycles. The van der Waals surface area contributed by atoms with Gasteiger partial charge in [0.1, 0.15) is 10.9 Å². The number of aryl methyl sites for hydroxylation is 1. The van der Waals surface area contributed by atoms with Crippen molar-refractivity contribution in [2.75, 3.05) is 19.0 Å². The van der Waals surface area contributed by atoms with Crippen molar-refractivity contribution in [3.63, 3.8) is 0 Å². The van der Waals surface area contributed by atoms with Crippen LogP contribution in [0.25, 0.3) is 11.1 Å². The van der Waals surface area contributed by atoms with E-state index >= 15 is 0 Å². The number of pyridine rings is 2. The lowest BCUT2D eigenvalue weighted by atomic mass is 10.0. The number of nitrogens with zero attached hydrogens (tertiary/aromatic N) is 4. The molecule has 2 atom stereocenters. The first kappa shape index (κ1) is 22.7. The normalized spacial score (nSPS) is 18.5. The summed E-state index contributed by atoms with van der Waals surface area (Å²) in [6.45, 7) is 2.77. The average Bonchev–Trinajstić information content (AvgIpc) is 3.37. The highest BCUT2D eigenvalue weighted by Gasteiger charge is 2.45. The first-order valence-corrected chi connectivity index (χ1v) is 11.9. The number of halogens is 1. The topological polar surface area (TPSA) is 118 Å². The molecule has 1 aliphatic carbocycles. The molecule has 2 amide bonds. The quantitative estimate of drug-likeness (QED) is 0.499. The lowest BCUT2D eigenvalue weighted by Crippen LogP contribution is -2.27. The second kappa shape index (κ2) is 8.94. The highest BCUT2D eigenvalue weighted by Crippen LogP contribution is 2.42. The van der Waals surface area contributed by atoms with E-state index in [4.69, 9.17) is 16.3 Å². The maximum Gasteiger partial charge on any atom is 0.259 e. The van der Waals surface area contributed by atoms with Crippen molar-refractivity contribution in [2.24, 2.45) is 11.8 Å². The second-order valence-electron chi connectivity index (χ2n) is 8.40. The molecule has 11 heteroatoms. The molecule has 176 valence electrons. The van der Waals surface area contributed by atoms with E-state index in [0.29, 0.717) is 40.7 Å². The Morgan fingerprint density at radius 3 is 2.79 bits per heavy atom. The number of thiazole rings is 1. The van der Waals surface area contributed by atoms with Crippen molar-refractivity contribution in [1.29, 1.82) is 0 Å². The number of carbonyl (C=O) groups is 2. The van der Waals surface area contributed by atoms with Crippen LogP contribution in [0.1, 0.15) is 33.0 Å². The third kappa shape index (κ3) is 4.24. The van der Waals surface area contributed by atoms with E-state index in [9.17, 15) is 14.7 Å². The Bertz CT molecular complexity index is 1270. The Balaban J connectivity index is 1.35. The van der Waals surface area contributed by atoms with Crippen LogP contribution in [-0.2, 0) is 17.9 Å². The van der Waals surface area contributed by atoms with Gasteiger partial charge in [0.05, 0.1) is 42.5 Å². The molecule has 1 fully saturated rings. The van der Waals surface area contributed by atoms with Crippen molar-refractivity contribution in [1.82, 2.24) is 19.9 Å². The lowest BCUT2D eigenvalue weighted by Gasteiger charge is -2.15. The van der Waals surface area contributed by atoms with E-state index < -0.39 is 0 Å². The molecule has 9 nitrogen and oxygen atoms in total. The number of methoxy groups -OCH3 is 1. The van der Waals surface area contributed by atoms with Gasteiger partial charge in [-0.3, -0.25) is 19.9 Å². The number of aromatic nitrogens is 3. The van der Waals surface area contributed by atoms with Gasteiger partial charge in [0.15, 0.2) is 5.13 Å². The SMILES string of the molecule is COc1cnc(Cl)cc1-c1cc(C)ncc1C(=O)Nc1nc2c(s1)CN(C(=O)[C@@H]1C[C@@H]1CO)C2. The summed E-state index contributed by atoms with van der Waals surface area (Å²) < 4.78 is 5.42. The minimum Gasteiger partial charge on any atom is -0.494 e. The molecule has 0 unspecified atom stereocenters. The molecule has 4 heterocycles. The zero-order valence-corrected chi connectivity index (χ0v) is 20.1. The molecule has 3 aromatic rings. The number of aliphatic hydroxyl groups excluding tert-OH is 1. The number of anilines is 1. The van der Waals surface area contributed by atoms with Crippen LogP contribution in [0.5, 0.6) is 5.75 Å². The maximum atomic E-state index is 13.2. The Kier molecular flexibility index (Phi) is 5.97. The third-order valence-corrected chi connectivity index (χ3v) is 7.29. The van der Waals surface area contributed by atoms with Gasteiger partial charge in [-0.15, -0.1) is 0 Å². The summed E-state index contributed by atoms with van der Waals surface area (Å²) in [7, 11) is 1.53. The van der Waals surface area contributed by atoms with Gasteiger partial charge >= 0.3 is 0 Å². The number of nitrogens with one attached hydrogen (secondary N) is 1. The van der Waals surface area contributed by atoms with Gasteiger partial charge < -0.3 is 14.7 Å². The minimum atomic E-state index is -0.360. The number of hydrogen-bond donors (Lipinski definition) is 2. The van der Waals surface area contributed by atoms with Crippen molar-refractivity contribution in [3.8, 4) is 16.9 Å². The summed E-state index contributed by atoms with van der Waals surface area (Å²) in [5.41, 5.74) is 3.13. The van der Waals surface area contributed by atoms with Crippen molar-refractivity contribution >= 4 is 39.9 Å². The number of rotatable bonds is 6. The van der Waals surface area contributed by atoms with E-state index in [1.807, 2.05) is 6.92 Å². The number of amides is 2. The van der Waals surface area contributed by atoms with E-state index in [1.54, 1.807) is 17.0 Å². The molecule has 2 aliphatic rings. The fourth-order valence-corrected chi connectivity index (χ4v) is 5.29. The molecule has 0 spiro atoms. The third-order valence-electron chi connectivity index (χ3n) is 6.09. The first-order chi connectivity index (χ1) is 16.4. The van der Waals surface area contributed by atoms with Gasteiger partial charge in [-0.2, -0.15) is 0 Å². The molecule has 1 aliphatic heterocycles. The van der Waals surface area contributed by atoms with Crippen LogP contribution in [0.4, 0.5) is 5.13 Å². The van der Waals surface area contributed by atoms with E-state index in [2.05, 4.69) is 20.3 Å². The minimum absolute atomic E-state index is 0.0495. The molecular weight excluding hydrogens is 478 g/mol.